The number of esters is 1. The molecule has 0 spiro atoms. The first kappa shape index (κ1) is 15.6. The summed E-state index contributed by atoms with van der Waals surface area (Å²) in [5, 5.41) is 0. The number of hydrogen-bond acceptors (Lipinski definition) is 7. The number of carbonyl (C=O) groups excluding carboxylic acids is 2. The largest absolute Gasteiger partial charge is 0.495 e. The molecule has 1 aromatic rings. The lowest BCUT2D eigenvalue weighted by Crippen LogP contribution is -2.50. The van der Waals surface area contributed by atoms with Crippen LogP contribution >= 0.6 is 0 Å². The number of piperazine rings is 1. The quantitative estimate of drug-likeness (QED) is 0.514. The second-order valence-corrected chi connectivity index (χ2v) is 9.45. The summed E-state index contributed by atoms with van der Waals surface area (Å²) in [6.45, 7) is -2.18. The molecule has 0 bridgehead atoms. The highest BCUT2D eigenvalue weighted by atomic mass is 16.7. The van der Waals surface area contributed by atoms with E-state index in [1.807, 2.05) is 0 Å². The summed E-state index contributed by atoms with van der Waals surface area (Å²) >= 11 is 0. The fourth-order valence-corrected chi connectivity index (χ4v) is 2.93. The number of hydrogen-bond donors (Lipinski definition) is 0. The zero-order valence-electron chi connectivity index (χ0n) is 27.7. The van der Waals surface area contributed by atoms with Crippen molar-refractivity contribution in [2.75, 3.05) is 38.0 Å². The Kier molecular flexibility index (Phi) is 4.18. The van der Waals surface area contributed by atoms with Gasteiger partial charge < -0.3 is 28.6 Å². The van der Waals surface area contributed by atoms with Crippen LogP contribution in [0.4, 0.5) is 10.5 Å². The highest BCUT2D eigenvalue weighted by molar-refractivity contribution is 6.63. The van der Waals surface area contributed by atoms with Crippen molar-refractivity contribution in [1.29, 1.82) is 0 Å². The maximum atomic E-state index is 13.0. The molecule has 1 amide bonds. The topological polar surface area (TPSA) is 77.5 Å². The normalized spacial score (nSPS) is 30.3. The molecule has 8 nitrogen and oxygen atoms in total. The van der Waals surface area contributed by atoms with Crippen molar-refractivity contribution >= 4 is 30.3 Å². The van der Waals surface area contributed by atoms with E-state index >= 15 is 0 Å². The monoisotopic (exact) mass is 454 g/mol. The number of ether oxygens (including phenoxy) is 2. The summed E-state index contributed by atoms with van der Waals surface area (Å²) in [7, 11) is -0.0344. The van der Waals surface area contributed by atoms with Gasteiger partial charge in [-0.2, -0.15) is 0 Å². The lowest BCUT2D eigenvalue weighted by Gasteiger charge is -2.37. The van der Waals surface area contributed by atoms with Crippen LogP contribution in [0.5, 0.6) is 0 Å². The second kappa shape index (κ2) is 8.59. The molecule has 0 aromatic heterocycles. The summed E-state index contributed by atoms with van der Waals surface area (Å²) in [5.41, 5.74) is -3.25. The number of carbonyl (C=O) groups is 2. The van der Waals surface area contributed by atoms with Gasteiger partial charge in [0.2, 0.25) is 0 Å². The molecule has 0 saturated carbocycles. The molecule has 0 radical (unpaired) electrons. The van der Waals surface area contributed by atoms with Gasteiger partial charge in [0.25, 0.3) is 0 Å². The molecular formula is C23H35BN2O6. The van der Waals surface area contributed by atoms with E-state index in [0.29, 0.717) is 0 Å². The number of amides is 1. The average molecular weight is 454 g/mol. The van der Waals surface area contributed by atoms with Crippen molar-refractivity contribution in [2.24, 2.45) is 0 Å². The van der Waals surface area contributed by atoms with Gasteiger partial charge in [-0.25, -0.2) is 9.59 Å². The van der Waals surface area contributed by atoms with Crippen molar-refractivity contribution in [3.8, 4) is 0 Å². The Bertz CT molecular complexity index is 1160. The molecule has 3 rings (SSSR count). The first-order valence-corrected chi connectivity index (χ1v) is 10.2. The second-order valence-electron chi connectivity index (χ2n) is 9.45. The van der Waals surface area contributed by atoms with Gasteiger partial charge in [-0.1, -0.05) is 0 Å². The average Bonchev–Trinajstić information content (AvgIpc) is 2.97. The maximum absolute atomic E-state index is 13.0. The predicted octanol–water partition coefficient (Wildman–Crippen LogP) is 2.83. The van der Waals surface area contributed by atoms with Crippen molar-refractivity contribution in [3.05, 3.63) is 23.8 Å². The Morgan fingerprint density at radius 1 is 1.06 bits per heavy atom. The minimum Gasteiger partial charge on any atom is -0.465 e. The van der Waals surface area contributed by atoms with Crippen LogP contribution in [0.1, 0.15) is 69.8 Å². The first-order valence-electron chi connectivity index (χ1n) is 14.2. The Morgan fingerprint density at radius 3 is 2.12 bits per heavy atom. The number of nitrogens with zero attached hydrogens (tertiary/aromatic N) is 2. The van der Waals surface area contributed by atoms with Crippen molar-refractivity contribution in [3.63, 3.8) is 0 Å². The van der Waals surface area contributed by atoms with E-state index in [4.69, 9.17) is 29.7 Å². The number of methoxy groups -OCH3 is 1. The van der Waals surface area contributed by atoms with Gasteiger partial charge in [0.05, 0.1) is 34.8 Å². The zero-order valence-corrected chi connectivity index (χ0v) is 19.7. The molecular weight excluding hydrogens is 411 g/mol. The van der Waals surface area contributed by atoms with Crippen LogP contribution in [0, 0.1) is 0 Å². The van der Waals surface area contributed by atoms with Gasteiger partial charge in [-0.15, -0.1) is 0 Å². The molecule has 2 heterocycles. The SMILES string of the molecule is [2H]C1([2H])N(C(=O)OC(C)(C)C)C([2H])([2H])C([2H])([2H])N(c2ccc(C(=O)OC)c(B3OC(C)(C)C(C)(C)O3)c2)C1([2H])[2H]. The van der Waals surface area contributed by atoms with Crippen LogP contribution in [-0.2, 0) is 18.8 Å². The summed E-state index contributed by atoms with van der Waals surface area (Å²) < 4.78 is 91.1. The van der Waals surface area contributed by atoms with Gasteiger partial charge in [0.1, 0.15) is 5.60 Å². The van der Waals surface area contributed by atoms with Crippen molar-refractivity contribution < 1.29 is 39.3 Å². The Balaban J connectivity index is 2.24. The molecule has 2 fully saturated rings. The third kappa shape index (κ3) is 5.04. The molecule has 2 saturated heterocycles. The van der Waals surface area contributed by atoms with Gasteiger partial charge >= 0.3 is 19.2 Å². The Hall–Kier alpha value is -2.26. The van der Waals surface area contributed by atoms with Crippen molar-refractivity contribution in [2.45, 2.75) is 65.3 Å². The fourth-order valence-electron chi connectivity index (χ4n) is 2.93. The number of rotatable bonds is 3. The Labute approximate surface area is 202 Å². The number of anilines is 1. The summed E-state index contributed by atoms with van der Waals surface area (Å²) in [6.07, 6.45) is -1.58. The van der Waals surface area contributed by atoms with E-state index in [1.165, 1.54) is 32.9 Å². The first-order chi connectivity index (χ1) is 17.8. The van der Waals surface area contributed by atoms with Crippen LogP contribution in [-0.4, -0.2) is 74.0 Å². The van der Waals surface area contributed by atoms with Gasteiger partial charge in [-0.05, 0) is 72.1 Å². The molecule has 0 atom stereocenters. The van der Waals surface area contributed by atoms with E-state index in [1.54, 1.807) is 27.7 Å². The van der Waals surface area contributed by atoms with Crippen LogP contribution in [0.2, 0.25) is 0 Å². The molecule has 2 aliphatic rings. The van der Waals surface area contributed by atoms with E-state index in [0.717, 1.165) is 13.2 Å². The minimum absolute atomic E-state index is 0.0327. The van der Waals surface area contributed by atoms with Crippen LogP contribution in [0.15, 0.2) is 18.2 Å². The lowest BCUT2D eigenvalue weighted by atomic mass is 9.75. The standard InChI is InChI=1S/C23H35BN2O6/c1-21(2,3)30-20(28)26-13-11-25(12-14-26)16-9-10-17(19(27)29-8)18(15-16)24-31-22(4,5)23(6,7)32-24/h9-10,15H,11-14H2,1-8H3/i11D2,12D2,13D2,14D2. The van der Waals surface area contributed by atoms with Crippen LogP contribution in [0.25, 0.3) is 0 Å². The summed E-state index contributed by atoms with van der Waals surface area (Å²) in [6, 6.07) is 3.50. The van der Waals surface area contributed by atoms with E-state index in [2.05, 4.69) is 0 Å². The smallest absolute Gasteiger partial charge is 0.465 e. The highest BCUT2D eigenvalue weighted by Gasteiger charge is 2.52. The van der Waals surface area contributed by atoms with Gasteiger partial charge in [0, 0.05) is 31.7 Å². The molecule has 176 valence electrons. The maximum Gasteiger partial charge on any atom is 0.495 e. The summed E-state index contributed by atoms with van der Waals surface area (Å²) in [5.74, 6) is -0.789. The third-order valence-electron chi connectivity index (χ3n) is 5.33. The van der Waals surface area contributed by atoms with E-state index in [-0.39, 0.29) is 26.5 Å². The molecule has 0 N–H and O–H groups in total. The molecule has 32 heavy (non-hydrogen) atoms. The Morgan fingerprint density at radius 2 is 1.62 bits per heavy atom. The third-order valence-corrected chi connectivity index (χ3v) is 5.33. The lowest BCUT2D eigenvalue weighted by molar-refractivity contribution is 0.00578. The minimum atomic E-state index is -3.45. The molecule has 0 aliphatic carbocycles. The van der Waals surface area contributed by atoms with Crippen LogP contribution in [0.3, 0.4) is 0 Å². The molecule has 2 aliphatic heterocycles. The van der Waals surface area contributed by atoms with E-state index in [9.17, 15) is 9.59 Å². The molecule has 9 heteroatoms. The molecule has 1 aromatic carbocycles. The predicted molar refractivity (Wildman–Crippen MR) is 124 cm³/mol. The van der Waals surface area contributed by atoms with Gasteiger partial charge in [-0.3, -0.25) is 0 Å². The fraction of sp³-hybridized carbons (Fsp3) is 0.652. The van der Waals surface area contributed by atoms with E-state index < -0.39 is 62.0 Å². The van der Waals surface area contributed by atoms with Gasteiger partial charge in [0.15, 0.2) is 0 Å². The highest BCUT2D eigenvalue weighted by Crippen LogP contribution is 2.37. The zero-order chi connectivity index (χ0) is 31.1. The number of benzene rings is 1. The summed E-state index contributed by atoms with van der Waals surface area (Å²) in [4.78, 5) is 25.7. The van der Waals surface area contributed by atoms with Crippen LogP contribution < -0.4 is 10.4 Å². The molecule has 0 unspecified atom stereocenters. The van der Waals surface area contributed by atoms with Crippen molar-refractivity contribution in [1.82, 2.24) is 4.90 Å².